The number of carboxylic acid groups (broad SMARTS) is 4. The molecule has 0 bridgehead atoms. The van der Waals surface area contributed by atoms with Crippen LogP contribution in [0.1, 0.15) is 27.7 Å². The highest BCUT2D eigenvalue weighted by molar-refractivity contribution is 5.63. The van der Waals surface area contributed by atoms with Gasteiger partial charge in [-0.2, -0.15) is 0 Å². The molecular formula is C14H26O12. The van der Waals surface area contributed by atoms with Crippen molar-refractivity contribution in [1.29, 1.82) is 0 Å². The van der Waals surface area contributed by atoms with Crippen LogP contribution >= 0.6 is 0 Å². The number of carbonyl (C=O) groups is 4. The summed E-state index contributed by atoms with van der Waals surface area (Å²) in [6.07, 6.45) is -2.19. The van der Waals surface area contributed by atoms with Gasteiger partial charge in [0, 0.05) is 27.7 Å². The Labute approximate surface area is 149 Å². The molecule has 0 saturated carbocycles. The predicted octanol–water partition coefficient (Wildman–Crippen LogP) is -1.64. The molecule has 0 aromatic rings. The molecule has 4 unspecified atom stereocenters. The highest BCUT2D eigenvalue weighted by Gasteiger charge is 2.31. The maximum Gasteiger partial charge on any atom is 0.300 e. The zero-order valence-corrected chi connectivity index (χ0v) is 14.7. The quantitative estimate of drug-likeness (QED) is 0.219. The molecule has 1 aliphatic rings. The normalized spacial score (nSPS) is 22.2. The van der Waals surface area contributed by atoms with E-state index >= 15 is 0 Å². The summed E-state index contributed by atoms with van der Waals surface area (Å²) in [6, 6.07) is 0. The molecule has 0 spiro atoms. The molecule has 0 radical (unpaired) electrons. The fourth-order valence-corrected chi connectivity index (χ4v) is 0.859. The Morgan fingerprint density at radius 3 is 0.769 bits per heavy atom. The predicted molar refractivity (Wildman–Crippen MR) is 86.4 cm³/mol. The number of aliphatic carboxylic acids is 4. The van der Waals surface area contributed by atoms with Gasteiger partial charge in [-0.15, -0.1) is 0 Å². The second-order valence-corrected chi connectivity index (χ2v) is 4.42. The standard InChI is InChI=1S/C6H10O4.4C2H4O2/c7-3-1-2-4(8)6(10)5(3)9;4*1-2(3)4/h1-10H;4*1H3,(H,3,4). The smallest absolute Gasteiger partial charge is 0.300 e. The lowest BCUT2D eigenvalue weighted by Crippen LogP contribution is -2.46. The molecule has 12 nitrogen and oxygen atoms in total. The molecule has 26 heavy (non-hydrogen) atoms. The zero-order chi connectivity index (χ0) is 22.0. The van der Waals surface area contributed by atoms with E-state index in [4.69, 9.17) is 60.0 Å². The van der Waals surface area contributed by atoms with E-state index in [1.807, 2.05) is 0 Å². The summed E-state index contributed by atoms with van der Waals surface area (Å²) in [5.41, 5.74) is 0. The molecule has 0 saturated heterocycles. The Morgan fingerprint density at radius 2 is 0.654 bits per heavy atom. The van der Waals surface area contributed by atoms with Crippen LogP contribution < -0.4 is 0 Å². The van der Waals surface area contributed by atoms with Gasteiger partial charge in [0.05, 0.1) is 0 Å². The van der Waals surface area contributed by atoms with E-state index in [0.717, 1.165) is 27.7 Å². The van der Waals surface area contributed by atoms with Crippen molar-refractivity contribution in [1.82, 2.24) is 0 Å². The van der Waals surface area contributed by atoms with Crippen molar-refractivity contribution in [2.75, 3.05) is 0 Å². The lowest BCUT2D eigenvalue weighted by molar-refractivity contribution is -0.135. The first-order valence-corrected chi connectivity index (χ1v) is 6.74. The summed E-state index contributed by atoms with van der Waals surface area (Å²) in [6.45, 7) is 4.33. The molecule has 8 N–H and O–H groups in total. The van der Waals surface area contributed by atoms with Gasteiger partial charge in [0.2, 0.25) is 0 Å². The highest BCUT2D eigenvalue weighted by atomic mass is 16.4. The number of aliphatic hydroxyl groups excluding tert-OH is 4. The van der Waals surface area contributed by atoms with Crippen LogP contribution in [-0.2, 0) is 19.2 Å². The molecule has 1 rings (SSSR count). The van der Waals surface area contributed by atoms with Crippen LogP contribution in [0, 0.1) is 0 Å². The lowest BCUT2D eigenvalue weighted by atomic mass is 9.97. The number of carboxylic acids is 4. The van der Waals surface area contributed by atoms with Gasteiger partial charge in [-0.25, -0.2) is 0 Å². The van der Waals surface area contributed by atoms with E-state index in [0.29, 0.717) is 0 Å². The Hall–Kier alpha value is -2.54. The monoisotopic (exact) mass is 386 g/mol. The molecular weight excluding hydrogens is 360 g/mol. The first kappa shape index (κ1) is 31.3. The van der Waals surface area contributed by atoms with Crippen LogP contribution in [0.3, 0.4) is 0 Å². The van der Waals surface area contributed by atoms with E-state index in [2.05, 4.69) is 0 Å². The van der Waals surface area contributed by atoms with Crippen LogP contribution in [0.2, 0.25) is 0 Å². The van der Waals surface area contributed by atoms with Crippen LogP contribution in [0.5, 0.6) is 0 Å². The Kier molecular flexibility index (Phi) is 22.6. The molecule has 0 fully saturated rings. The largest absolute Gasteiger partial charge is 0.481 e. The zero-order valence-electron chi connectivity index (χ0n) is 14.7. The minimum atomic E-state index is -1.28. The van der Waals surface area contributed by atoms with E-state index in [-0.39, 0.29) is 0 Å². The summed E-state index contributed by atoms with van der Waals surface area (Å²) < 4.78 is 0. The second-order valence-electron chi connectivity index (χ2n) is 4.42. The van der Waals surface area contributed by atoms with Crippen molar-refractivity contribution < 1.29 is 60.0 Å². The van der Waals surface area contributed by atoms with E-state index in [9.17, 15) is 0 Å². The lowest BCUT2D eigenvalue weighted by Gasteiger charge is -2.27. The van der Waals surface area contributed by atoms with Gasteiger partial charge in [-0.3, -0.25) is 19.2 Å². The van der Waals surface area contributed by atoms with Crippen LogP contribution in [0.4, 0.5) is 0 Å². The average molecular weight is 386 g/mol. The Morgan fingerprint density at radius 1 is 0.538 bits per heavy atom. The average Bonchev–Trinajstić information content (AvgIpc) is 2.38. The first-order chi connectivity index (χ1) is 11.6. The fourth-order valence-electron chi connectivity index (χ4n) is 0.859. The van der Waals surface area contributed by atoms with Gasteiger partial charge in [0.15, 0.2) is 0 Å². The third-order valence-corrected chi connectivity index (χ3v) is 1.56. The topological polar surface area (TPSA) is 230 Å². The Bertz CT molecular complexity index is 365. The van der Waals surface area contributed by atoms with Crippen molar-refractivity contribution >= 4 is 23.9 Å². The molecule has 0 aromatic heterocycles. The minimum Gasteiger partial charge on any atom is -0.481 e. The summed E-state index contributed by atoms with van der Waals surface area (Å²) in [4.78, 5) is 36.0. The minimum absolute atomic E-state index is 0.833. The summed E-state index contributed by atoms with van der Waals surface area (Å²) >= 11 is 0. The third kappa shape index (κ3) is 43.0. The first-order valence-electron chi connectivity index (χ1n) is 6.74. The number of hydrogen-bond donors (Lipinski definition) is 8. The number of rotatable bonds is 0. The van der Waals surface area contributed by atoms with E-state index < -0.39 is 48.3 Å². The van der Waals surface area contributed by atoms with E-state index in [1.54, 1.807) is 0 Å². The molecule has 1 aliphatic carbocycles. The maximum absolute atomic E-state index is 9.00. The number of hydrogen-bond acceptors (Lipinski definition) is 8. The van der Waals surface area contributed by atoms with Gasteiger partial charge < -0.3 is 40.9 Å². The van der Waals surface area contributed by atoms with Crippen molar-refractivity contribution in [2.24, 2.45) is 0 Å². The summed E-state index contributed by atoms with van der Waals surface area (Å²) in [5, 5.41) is 65.2. The maximum atomic E-state index is 9.00. The molecule has 12 heteroatoms. The third-order valence-electron chi connectivity index (χ3n) is 1.56. The summed E-state index contributed by atoms with van der Waals surface area (Å²) in [5.74, 6) is -3.33. The molecule has 154 valence electrons. The SMILES string of the molecule is CC(=O)O.CC(=O)O.CC(=O)O.CC(=O)O.OC1C=CC(O)C(O)C1O. The van der Waals surface area contributed by atoms with Gasteiger partial charge in [-0.1, -0.05) is 12.2 Å². The molecule has 4 atom stereocenters. The second kappa shape index (κ2) is 18.8. The van der Waals surface area contributed by atoms with Crippen molar-refractivity contribution in [2.45, 2.75) is 52.1 Å². The van der Waals surface area contributed by atoms with Gasteiger partial charge in [0.1, 0.15) is 24.4 Å². The summed E-state index contributed by atoms with van der Waals surface area (Å²) in [7, 11) is 0. The van der Waals surface area contributed by atoms with Crippen molar-refractivity contribution in [3.8, 4) is 0 Å². The molecule has 0 aliphatic heterocycles. The fraction of sp³-hybridized carbons (Fsp3) is 0.571. The van der Waals surface area contributed by atoms with Gasteiger partial charge >= 0.3 is 0 Å². The number of aliphatic hydroxyl groups is 4. The van der Waals surface area contributed by atoms with E-state index in [1.165, 1.54) is 12.2 Å². The molecule has 0 heterocycles. The molecule has 0 aromatic carbocycles. The van der Waals surface area contributed by atoms with Crippen LogP contribution in [0.25, 0.3) is 0 Å². The Balaban J connectivity index is -0.000000129. The van der Waals surface area contributed by atoms with Crippen molar-refractivity contribution in [3.63, 3.8) is 0 Å². The highest BCUT2D eigenvalue weighted by Crippen LogP contribution is 2.12. The van der Waals surface area contributed by atoms with Crippen LogP contribution in [0.15, 0.2) is 12.2 Å². The van der Waals surface area contributed by atoms with Gasteiger partial charge in [-0.05, 0) is 0 Å². The molecule has 0 amide bonds. The van der Waals surface area contributed by atoms with Gasteiger partial charge in [0.25, 0.3) is 23.9 Å². The van der Waals surface area contributed by atoms with Crippen LogP contribution in [-0.4, -0.2) is 89.1 Å². The van der Waals surface area contributed by atoms with Crippen molar-refractivity contribution in [3.05, 3.63) is 12.2 Å².